The quantitative estimate of drug-likeness (QED) is 0.377. The first-order valence-corrected chi connectivity index (χ1v) is 8.95. The molecule has 1 heterocycles. The number of morpholine rings is 1. The van der Waals surface area contributed by atoms with Crippen molar-refractivity contribution >= 4 is 17.3 Å². The van der Waals surface area contributed by atoms with Crippen molar-refractivity contribution in [1.82, 2.24) is 4.90 Å². The molecule has 0 saturated carbocycles. The molecule has 144 valence electrons. The van der Waals surface area contributed by atoms with Gasteiger partial charge < -0.3 is 19.3 Å². The van der Waals surface area contributed by atoms with Crippen LogP contribution >= 0.6 is 0 Å². The number of nitro groups is 1. The Hall–Kier alpha value is -2.19. The molecule has 26 heavy (non-hydrogen) atoms. The van der Waals surface area contributed by atoms with Crippen molar-refractivity contribution in [3.8, 4) is 0 Å². The first-order valence-electron chi connectivity index (χ1n) is 8.95. The first kappa shape index (κ1) is 20.1. The minimum absolute atomic E-state index is 0.0944. The summed E-state index contributed by atoms with van der Waals surface area (Å²) in [6.07, 6.45) is 1.07. The maximum absolute atomic E-state index is 11.4. The number of hydrogen-bond donors (Lipinski definition) is 0. The van der Waals surface area contributed by atoms with Crippen LogP contribution in [-0.2, 0) is 20.8 Å². The van der Waals surface area contributed by atoms with E-state index in [-0.39, 0.29) is 16.6 Å². The summed E-state index contributed by atoms with van der Waals surface area (Å²) in [5.41, 5.74) is 2.02. The van der Waals surface area contributed by atoms with Crippen molar-refractivity contribution < 1.29 is 19.2 Å². The average Bonchev–Trinajstić information content (AvgIpc) is 2.62. The molecule has 0 spiro atoms. The van der Waals surface area contributed by atoms with Crippen LogP contribution in [0, 0.1) is 10.1 Å². The number of non-ortho nitro benzene ring substituents is 1. The molecule has 1 aliphatic heterocycles. The predicted octanol–water partition coefficient (Wildman–Crippen LogP) is 2.21. The molecular formula is C18H27N3O5. The van der Waals surface area contributed by atoms with Crippen molar-refractivity contribution in [2.45, 2.75) is 26.3 Å². The average molecular weight is 365 g/mol. The van der Waals surface area contributed by atoms with Crippen LogP contribution in [0.5, 0.6) is 0 Å². The van der Waals surface area contributed by atoms with Gasteiger partial charge in [-0.05, 0) is 38.6 Å². The summed E-state index contributed by atoms with van der Waals surface area (Å²) < 4.78 is 10.3. The zero-order chi connectivity index (χ0) is 18.9. The van der Waals surface area contributed by atoms with Gasteiger partial charge in [0.1, 0.15) is 0 Å². The summed E-state index contributed by atoms with van der Waals surface area (Å²) in [6.45, 7) is 6.35. The summed E-state index contributed by atoms with van der Waals surface area (Å²) >= 11 is 0. The maximum Gasteiger partial charge on any atom is 0.305 e. The van der Waals surface area contributed by atoms with E-state index in [1.807, 2.05) is 13.1 Å². The number of hydrogen-bond acceptors (Lipinski definition) is 7. The molecule has 1 saturated heterocycles. The molecule has 0 unspecified atom stereocenters. The summed E-state index contributed by atoms with van der Waals surface area (Å²) in [7, 11) is 1.95. The lowest BCUT2D eigenvalue weighted by Gasteiger charge is -2.31. The van der Waals surface area contributed by atoms with Gasteiger partial charge >= 0.3 is 5.97 Å². The molecule has 0 aromatic heterocycles. The number of carbonyl (C=O) groups excluding carboxylic acids is 1. The van der Waals surface area contributed by atoms with E-state index in [9.17, 15) is 14.9 Å². The van der Waals surface area contributed by atoms with Gasteiger partial charge in [0.05, 0.1) is 24.7 Å². The second-order valence-corrected chi connectivity index (χ2v) is 6.32. The number of rotatable bonds is 9. The number of benzene rings is 1. The Morgan fingerprint density at radius 1 is 1.38 bits per heavy atom. The Balaban J connectivity index is 2.03. The van der Waals surface area contributed by atoms with E-state index < -0.39 is 0 Å². The third kappa shape index (κ3) is 5.96. The van der Waals surface area contributed by atoms with Crippen molar-refractivity contribution in [2.75, 3.05) is 51.4 Å². The van der Waals surface area contributed by atoms with Crippen LogP contribution in [0.15, 0.2) is 18.2 Å². The van der Waals surface area contributed by atoms with E-state index in [2.05, 4.69) is 9.80 Å². The van der Waals surface area contributed by atoms with Crippen LogP contribution < -0.4 is 4.90 Å². The normalized spacial score (nSPS) is 14.5. The van der Waals surface area contributed by atoms with Gasteiger partial charge in [-0.25, -0.2) is 0 Å². The lowest BCUT2D eigenvalue weighted by atomic mass is 10.1. The molecule has 2 rings (SSSR count). The van der Waals surface area contributed by atoms with Crippen LogP contribution in [-0.4, -0.2) is 62.3 Å². The van der Waals surface area contributed by atoms with E-state index in [4.69, 9.17) is 9.47 Å². The number of ether oxygens (including phenoxy) is 2. The Kier molecular flexibility index (Phi) is 7.80. The zero-order valence-corrected chi connectivity index (χ0v) is 15.5. The van der Waals surface area contributed by atoms with Gasteiger partial charge in [-0.3, -0.25) is 14.9 Å². The Labute approximate surface area is 153 Å². The van der Waals surface area contributed by atoms with Crippen LogP contribution in [0.25, 0.3) is 0 Å². The molecule has 8 heteroatoms. The lowest BCUT2D eigenvalue weighted by molar-refractivity contribution is -0.384. The second kappa shape index (κ2) is 10.1. The largest absolute Gasteiger partial charge is 0.466 e. The number of anilines is 1. The highest BCUT2D eigenvalue weighted by Crippen LogP contribution is 2.27. The summed E-state index contributed by atoms with van der Waals surface area (Å²) in [6, 6.07) is 5.02. The monoisotopic (exact) mass is 365 g/mol. The van der Waals surface area contributed by atoms with Gasteiger partial charge in [0, 0.05) is 43.9 Å². The fraction of sp³-hybridized carbons (Fsp3) is 0.611. The van der Waals surface area contributed by atoms with Crippen LogP contribution in [0.2, 0.25) is 0 Å². The summed E-state index contributed by atoms with van der Waals surface area (Å²) in [5.74, 6) is -0.190. The number of esters is 1. The van der Waals surface area contributed by atoms with Crippen molar-refractivity contribution in [3.05, 3.63) is 33.9 Å². The van der Waals surface area contributed by atoms with Gasteiger partial charge in [0.15, 0.2) is 0 Å². The van der Waals surface area contributed by atoms with Crippen LogP contribution in [0.1, 0.15) is 25.3 Å². The zero-order valence-electron chi connectivity index (χ0n) is 15.5. The number of carbonyl (C=O) groups is 1. The van der Waals surface area contributed by atoms with E-state index in [0.717, 1.165) is 24.3 Å². The highest BCUT2D eigenvalue weighted by molar-refractivity contribution is 5.69. The molecule has 0 aliphatic carbocycles. The minimum atomic E-state index is -0.368. The van der Waals surface area contributed by atoms with Gasteiger partial charge in [-0.1, -0.05) is 0 Å². The molecule has 0 amide bonds. The fourth-order valence-corrected chi connectivity index (χ4v) is 3.02. The fourth-order valence-electron chi connectivity index (χ4n) is 3.02. The smallest absolute Gasteiger partial charge is 0.305 e. The highest BCUT2D eigenvalue weighted by atomic mass is 16.6. The van der Waals surface area contributed by atoms with E-state index in [0.29, 0.717) is 45.8 Å². The molecule has 1 aromatic carbocycles. The van der Waals surface area contributed by atoms with Gasteiger partial charge in [-0.15, -0.1) is 0 Å². The predicted molar refractivity (Wildman–Crippen MR) is 98.3 cm³/mol. The molecule has 1 aliphatic rings. The SMILES string of the molecule is CCOC(=O)CCCN(C)Cc1cc([N+](=O)[O-])ccc1N1CCOCC1. The first-order chi connectivity index (χ1) is 12.5. The molecular weight excluding hydrogens is 338 g/mol. The highest BCUT2D eigenvalue weighted by Gasteiger charge is 2.19. The van der Waals surface area contributed by atoms with E-state index >= 15 is 0 Å². The third-order valence-corrected chi connectivity index (χ3v) is 4.29. The van der Waals surface area contributed by atoms with Gasteiger partial charge in [0.2, 0.25) is 0 Å². The van der Waals surface area contributed by atoms with E-state index in [1.54, 1.807) is 19.1 Å². The van der Waals surface area contributed by atoms with E-state index in [1.165, 1.54) is 0 Å². The molecule has 1 fully saturated rings. The Bertz CT molecular complexity index is 617. The van der Waals surface area contributed by atoms with Crippen LogP contribution in [0.4, 0.5) is 11.4 Å². The molecule has 0 radical (unpaired) electrons. The van der Waals surface area contributed by atoms with Crippen molar-refractivity contribution in [3.63, 3.8) is 0 Å². The van der Waals surface area contributed by atoms with Gasteiger partial charge in [-0.2, -0.15) is 0 Å². The molecule has 0 N–H and O–H groups in total. The maximum atomic E-state index is 11.4. The molecule has 0 bridgehead atoms. The number of nitrogens with zero attached hydrogens (tertiary/aromatic N) is 3. The lowest BCUT2D eigenvalue weighted by Crippen LogP contribution is -2.37. The standard InChI is InChI=1S/C18H27N3O5/c1-3-26-18(22)5-4-8-19(2)14-15-13-16(21(23)24)6-7-17(15)20-9-11-25-12-10-20/h6-7,13H,3-5,8-12,14H2,1-2H3. The van der Waals surface area contributed by atoms with Crippen LogP contribution in [0.3, 0.4) is 0 Å². The number of nitro benzene ring substituents is 1. The van der Waals surface area contributed by atoms with Gasteiger partial charge in [0.25, 0.3) is 5.69 Å². The molecule has 0 atom stereocenters. The summed E-state index contributed by atoms with van der Waals surface area (Å²) in [4.78, 5) is 26.5. The Morgan fingerprint density at radius 3 is 2.77 bits per heavy atom. The molecule has 8 nitrogen and oxygen atoms in total. The van der Waals surface area contributed by atoms with Crippen molar-refractivity contribution in [2.24, 2.45) is 0 Å². The minimum Gasteiger partial charge on any atom is -0.466 e. The second-order valence-electron chi connectivity index (χ2n) is 6.32. The van der Waals surface area contributed by atoms with Crippen molar-refractivity contribution in [1.29, 1.82) is 0 Å². The topological polar surface area (TPSA) is 85.1 Å². The Morgan fingerprint density at radius 2 is 2.12 bits per heavy atom. The third-order valence-electron chi connectivity index (χ3n) is 4.29. The summed E-state index contributed by atoms with van der Waals surface area (Å²) in [5, 5.41) is 11.1. The molecule has 1 aromatic rings.